The van der Waals surface area contributed by atoms with Crippen LogP contribution < -0.4 is 4.74 Å². The lowest BCUT2D eigenvalue weighted by Crippen LogP contribution is -2.19. The number of rotatable bonds is 2. The lowest BCUT2D eigenvalue weighted by molar-refractivity contribution is -0.159. The molecule has 1 aromatic carbocycles. The Bertz CT molecular complexity index is 285. The number of benzene rings is 1. The fourth-order valence-corrected chi connectivity index (χ4v) is 0.794. The van der Waals surface area contributed by atoms with Gasteiger partial charge in [-0.1, -0.05) is 0 Å². The highest BCUT2D eigenvalue weighted by molar-refractivity contribution is 5.23. The molecule has 1 aromatic rings. The Morgan fingerprint density at radius 2 is 1.54 bits per heavy atom. The van der Waals surface area contributed by atoms with E-state index < -0.39 is 23.5 Å². The predicted octanol–water partition coefficient (Wildman–Crippen LogP) is 2.96. The molecule has 0 N–H and O–H groups in total. The van der Waals surface area contributed by atoms with Crippen molar-refractivity contribution >= 4 is 0 Å². The number of alkyl halides is 2. The Kier molecular flexibility index (Phi) is 2.45. The number of halogens is 4. The third-order valence-corrected chi connectivity index (χ3v) is 1.13. The van der Waals surface area contributed by atoms with E-state index in [0.717, 1.165) is 0 Å². The van der Waals surface area contributed by atoms with Crippen LogP contribution >= 0.6 is 0 Å². The average molecular weight is 194 g/mol. The molecule has 0 radical (unpaired) electrons. The van der Waals surface area contributed by atoms with Gasteiger partial charge in [-0.25, -0.2) is 8.78 Å². The monoisotopic (exact) mass is 194 g/mol. The highest BCUT2D eigenvalue weighted by atomic mass is 19.3. The van der Waals surface area contributed by atoms with Gasteiger partial charge in [-0.15, -0.1) is 0 Å². The molecule has 1 nitrogen and oxygen atoms in total. The third-order valence-electron chi connectivity index (χ3n) is 1.13. The van der Waals surface area contributed by atoms with Crippen LogP contribution in [-0.4, -0.2) is 6.11 Å². The minimum absolute atomic E-state index is 0.482. The van der Waals surface area contributed by atoms with Crippen LogP contribution in [0.1, 0.15) is 6.92 Å². The molecule has 0 unspecified atom stereocenters. The minimum Gasteiger partial charge on any atom is -0.433 e. The van der Waals surface area contributed by atoms with E-state index in [9.17, 15) is 17.6 Å². The van der Waals surface area contributed by atoms with Crippen molar-refractivity contribution in [2.24, 2.45) is 0 Å². The van der Waals surface area contributed by atoms with E-state index in [-0.39, 0.29) is 0 Å². The molecule has 0 aromatic heterocycles. The van der Waals surface area contributed by atoms with Crippen LogP contribution in [0.25, 0.3) is 0 Å². The van der Waals surface area contributed by atoms with Crippen molar-refractivity contribution in [1.82, 2.24) is 0 Å². The molecule has 0 aliphatic heterocycles. The molecule has 0 aliphatic rings. The summed E-state index contributed by atoms with van der Waals surface area (Å²) in [5.74, 6) is -2.46. The van der Waals surface area contributed by atoms with Gasteiger partial charge in [0.2, 0.25) is 0 Å². The molecule has 1 rings (SSSR count). The summed E-state index contributed by atoms with van der Waals surface area (Å²) in [4.78, 5) is 0. The van der Waals surface area contributed by atoms with Gasteiger partial charge in [0.1, 0.15) is 17.4 Å². The summed E-state index contributed by atoms with van der Waals surface area (Å²) in [5, 5.41) is 0. The highest BCUT2D eigenvalue weighted by Gasteiger charge is 2.23. The van der Waals surface area contributed by atoms with E-state index in [0.29, 0.717) is 25.1 Å². The molecular weight excluding hydrogens is 188 g/mol. The van der Waals surface area contributed by atoms with Gasteiger partial charge in [-0.2, -0.15) is 8.78 Å². The van der Waals surface area contributed by atoms with Crippen LogP contribution in [0, 0.1) is 11.6 Å². The van der Waals surface area contributed by atoms with Crippen molar-refractivity contribution in [2.45, 2.75) is 13.0 Å². The molecule has 0 fully saturated rings. The summed E-state index contributed by atoms with van der Waals surface area (Å²) in [6.45, 7) is 0.482. The van der Waals surface area contributed by atoms with Crippen LogP contribution in [0.5, 0.6) is 5.75 Å². The molecule has 0 bridgehead atoms. The zero-order chi connectivity index (χ0) is 10.1. The summed E-state index contributed by atoms with van der Waals surface area (Å²) >= 11 is 0. The van der Waals surface area contributed by atoms with E-state index in [2.05, 4.69) is 4.74 Å². The SMILES string of the molecule is CC(F)(F)Oc1cc(F)cc(F)c1. The van der Waals surface area contributed by atoms with Crippen molar-refractivity contribution in [2.75, 3.05) is 0 Å². The van der Waals surface area contributed by atoms with Crippen LogP contribution in [0.4, 0.5) is 17.6 Å². The summed E-state index contributed by atoms with van der Waals surface area (Å²) in [6, 6.07) is 1.93. The van der Waals surface area contributed by atoms with Crippen LogP contribution in [-0.2, 0) is 0 Å². The first kappa shape index (κ1) is 9.83. The largest absolute Gasteiger partial charge is 0.433 e. The van der Waals surface area contributed by atoms with Crippen LogP contribution in [0.3, 0.4) is 0 Å². The summed E-state index contributed by atoms with van der Waals surface area (Å²) < 4.78 is 53.2. The molecule has 0 saturated heterocycles. The lowest BCUT2D eigenvalue weighted by atomic mass is 10.3. The average Bonchev–Trinajstić information content (AvgIpc) is 1.78. The highest BCUT2D eigenvalue weighted by Crippen LogP contribution is 2.22. The van der Waals surface area contributed by atoms with E-state index in [1.165, 1.54) is 0 Å². The zero-order valence-electron chi connectivity index (χ0n) is 6.65. The van der Waals surface area contributed by atoms with Gasteiger partial charge >= 0.3 is 6.11 Å². The Balaban J connectivity index is 2.90. The fourth-order valence-electron chi connectivity index (χ4n) is 0.794. The number of ether oxygens (including phenoxy) is 1. The second-order valence-corrected chi connectivity index (χ2v) is 2.52. The van der Waals surface area contributed by atoms with Crippen molar-refractivity contribution in [3.05, 3.63) is 29.8 Å². The van der Waals surface area contributed by atoms with Gasteiger partial charge in [-0.3, -0.25) is 0 Å². The van der Waals surface area contributed by atoms with E-state index in [1.807, 2.05) is 0 Å². The molecule has 0 heterocycles. The minimum atomic E-state index is -3.44. The Hall–Kier alpha value is -1.26. The summed E-state index contributed by atoms with van der Waals surface area (Å²) in [7, 11) is 0. The zero-order valence-corrected chi connectivity index (χ0v) is 6.65. The molecule has 5 heteroatoms. The second-order valence-electron chi connectivity index (χ2n) is 2.52. The summed E-state index contributed by atoms with van der Waals surface area (Å²) in [6.07, 6.45) is -3.44. The quantitative estimate of drug-likeness (QED) is 0.657. The maximum atomic E-state index is 12.4. The van der Waals surface area contributed by atoms with Gasteiger partial charge in [0.25, 0.3) is 0 Å². The molecule has 0 atom stereocenters. The standard InChI is InChI=1S/C8H6F4O/c1-8(11,12)13-7-3-5(9)2-6(10)4-7/h2-4H,1H3. The van der Waals surface area contributed by atoms with Gasteiger partial charge in [0.15, 0.2) is 0 Å². The number of hydrogen-bond acceptors (Lipinski definition) is 1. The van der Waals surface area contributed by atoms with Gasteiger partial charge < -0.3 is 4.74 Å². The van der Waals surface area contributed by atoms with Crippen molar-refractivity contribution in [3.63, 3.8) is 0 Å². The third kappa shape index (κ3) is 3.31. The Morgan fingerprint density at radius 3 is 1.92 bits per heavy atom. The first-order valence-corrected chi connectivity index (χ1v) is 3.40. The van der Waals surface area contributed by atoms with Crippen LogP contribution in [0.2, 0.25) is 0 Å². The topological polar surface area (TPSA) is 9.23 Å². The Labute approximate surface area is 71.9 Å². The van der Waals surface area contributed by atoms with Gasteiger partial charge in [-0.05, 0) is 0 Å². The summed E-state index contributed by atoms with van der Waals surface area (Å²) in [5.41, 5.74) is 0. The fraction of sp³-hybridized carbons (Fsp3) is 0.250. The Morgan fingerprint density at radius 1 is 1.08 bits per heavy atom. The smallest absolute Gasteiger partial charge is 0.394 e. The second kappa shape index (κ2) is 3.24. The molecule has 0 saturated carbocycles. The molecule has 0 spiro atoms. The molecule has 72 valence electrons. The first-order chi connectivity index (χ1) is 5.87. The van der Waals surface area contributed by atoms with Crippen LogP contribution in [0.15, 0.2) is 18.2 Å². The normalized spacial score (nSPS) is 11.5. The lowest BCUT2D eigenvalue weighted by Gasteiger charge is -2.12. The van der Waals surface area contributed by atoms with Crippen molar-refractivity contribution in [1.29, 1.82) is 0 Å². The van der Waals surface area contributed by atoms with E-state index in [1.54, 1.807) is 0 Å². The van der Waals surface area contributed by atoms with Crippen molar-refractivity contribution in [3.8, 4) is 5.75 Å². The first-order valence-electron chi connectivity index (χ1n) is 3.40. The predicted molar refractivity (Wildman–Crippen MR) is 37.6 cm³/mol. The maximum Gasteiger partial charge on any atom is 0.394 e. The molecule has 0 amide bonds. The van der Waals surface area contributed by atoms with Gasteiger partial charge in [0.05, 0.1) is 0 Å². The van der Waals surface area contributed by atoms with Gasteiger partial charge in [0, 0.05) is 25.1 Å². The van der Waals surface area contributed by atoms with Crippen molar-refractivity contribution < 1.29 is 22.3 Å². The maximum absolute atomic E-state index is 12.4. The molecule has 0 aliphatic carbocycles. The van der Waals surface area contributed by atoms with E-state index >= 15 is 0 Å². The molecular formula is C8H6F4O. The molecule has 13 heavy (non-hydrogen) atoms. The van der Waals surface area contributed by atoms with E-state index in [4.69, 9.17) is 0 Å². The number of hydrogen-bond donors (Lipinski definition) is 0.